The average Bonchev–Trinajstić information content (AvgIpc) is 3.56. The molecule has 5 rings (SSSR count). The van der Waals surface area contributed by atoms with Crippen LogP contribution in [0.15, 0.2) is 41.3 Å². The molecule has 3 heterocycles. The van der Waals surface area contributed by atoms with Crippen molar-refractivity contribution in [3.05, 3.63) is 69.4 Å². The monoisotopic (exact) mass is 465 g/mol. The van der Waals surface area contributed by atoms with Crippen molar-refractivity contribution in [1.82, 2.24) is 25.1 Å². The fourth-order valence-electron chi connectivity index (χ4n) is 4.26. The Hall–Kier alpha value is -3.95. The summed E-state index contributed by atoms with van der Waals surface area (Å²) in [6.07, 6.45) is 3.66. The molecular formula is C24H24FN5O4. The number of fused-ring (bicyclic) bond motifs is 1. The van der Waals surface area contributed by atoms with Crippen molar-refractivity contribution in [3.8, 4) is 5.75 Å². The van der Waals surface area contributed by atoms with Crippen molar-refractivity contribution in [2.45, 2.75) is 25.3 Å². The predicted molar refractivity (Wildman–Crippen MR) is 122 cm³/mol. The summed E-state index contributed by atoms with van der Waals surface area (Å²) < 4.78 is 14.8. The number of carbonyl (C=O) groups excluding carboxylic acids is 2. The summed E-state index contributed by atoms with van der Waals surface area (Å²) in [5.74, 6) is -1.47. The molecule has 0 atom stereocenters. The molecule has 3 N–H and O–H groups in total. The number of aromatic nitrogens is 2. The van der Waals surface area contributed by atoms with Gasteiger partial charge in [-0.05, 0) is 48.6 Å². The third kappa shape index (κ3) is 4.18. The largest absolute Gasteiger partial charge is 0.505 e. The minimum Gasteiger partial charge on any atom is -0.505 e. The molecule has 3 aromatic rings. The van der Waals surface area contributed by atoms with Crippen molar-refractivity contribution >= 4 is 23.0 Å². The van der Waals surface area contributed by atoms with Gasteiger partial charge in [0.05, 0.1) is 5.52 Å². The number of amides is 3. The number of carbonyl (C=O) groups is 2. The SMILES string of the molecule is O=C(NCCN1CCNC1=O)c1c(O)c2ncc(Cc3ccc(F)cc3)cc2n(C2CC2)c1=O. The number of urea groups is 1. The smallest absolute Gasteiger partial charge is 0.317 e. The van der Waals surface area contributed by atoms with E-state index in [-0.39, 0.29) is 35.5 Å². The van der Waals surface area contributed by atoms with Gasteiger partial charge in [-0.3, -0.25) is 14.6 Å². The van der Waals surface area contributed by atoms with Gasteiger partial charge in [-0.2, -0.15) is 0 Å². The normalized spacial score (nSPS) is 15.6. The van der Waals surface area contributed by atoms with Gasteiger partial charge in [0.1, 0.15) is 16.9 Å². The average molecular weight is 465 g/mol. The highest BCUT2D eigenvalue weighted by Crippen LogP contribution is 2.38. The Kier molecular flexibility index (Phi) is 5.64. The van der Waals surface area contributed by atoms with Crippen LogP contribution in [0.2, 0.25) is 0 Å². The zero-order valence-electron chi connectivity index (χ0n) is 18.4. The summed E-state index contributed by atoms with van der Waals surface area (Å²) >= 11 is 0. The molecule has 0 radical (unpaired) electrons. The Morgan fingerprint density at radius 2 is 1.97 bits per heavy atom. The Bertz CT molecular complexity index is 1330. The summed E-state index contributed by atoms with van der Waals surface area (Å²) in [7, 11) is 0. The number of pyridine rings is 2. The van der Waals surface area contributed by atoms with Gasteiger partial charge in [-0.1, -0.05) is 12.1 Å². The highest BCUT2D eigenvalue weighted by Gasteiger charge is 2.31. The first-order valence-corrected chi connectivity index (χ1v) is 11.2. The first kappa shape index (κ1) is 21.9. The lowest BCUT2D eigenvalue weighted by atomic mass is 10.1. The molecule has 0 spiro atoms. The number of benzene rings is 1. The second kappa shape index (κ2) is 8.77. The summed E-state index contributed by atoms with van der Waals surface area (Å²) in [6, 6.07) is 7.68. The zero-order valence-corrected chi connectivity index (χ0v) is 18.4. The number of hydrogen-bond acceptors (Lipinski definition) is 5. The molecule has 9 nitrogen and oxygen atoms in total. The van der Waals surface area contributed by atoms with E-state index in [1.807, 2.05) is 0 Å². The lowest BCUT2D eigenvalue weighted by molar-refractivity contribution is 0.0945. The van der Waals surface area contributed by atoms with Gasteiger partial charge < -0.3 is 25.2 Å². The highest BCUT2D eigenvalue weighted by molar-refractivity contribution is 6.01. The van der Waals surface area contributed by atoms with Gasteiger partial charge in [-0.25, -0.2) is 9.18 Å². The summed E-state index contributed by atoms with van der Waals surface area (Å²) in [5, 5.41) is 16.2. The number of aromatic hydroxyl groups is 1. The molecule has 2 fully saturated rings. The van der Waals surface area contributed by atoms with E-state index in [9.17, 15) is 23.9 Å². The predicted octanol–water partition coefficient (Wildman–Crippen LogP) is 1.92. The van der Waals surface area contributed by atoms with Crippen molar-refractivity contribution in [1.29, 1.82) is 0 Å². The van der Waals surface area contributed by atoms with Gasteiger partial charge in [0.15, 0.2) is 5.75 Å². The topological polar surface area (TPSA) is 117 Å². The second-order valence-electron chi connectivity index (χ2n) is 8.62. The molecule has 176 valence electrons. The lowest BCUT2D eigenvalue weighted by Gasteiger charge is -2.16. The van der Waals surface area contributed by atoms with Crippen LogP contribution in [0.25, 0.3) is 11.0 Å². The number of halogens is 1. The number of nitrogens with one attached hydrogen (secondary N) is 2. The minimum atomic E-state index is -0.699. The van der Waals surface area contributed by atoms with Crippen LogP contribution in [0.1, 0.15) is 40.4 Å². The lowest BCUT2D eigenvalue weighted by Crippen LogP contribution is -2.39. The molecule has 3 amide bonds. The van der Waals surface area contributed by atoms with Crippen LogP contribution in [-0.2, 0) is 6.42 Å². The molecule has 10 heteroatoms. The first-order chi connectivity index (χ1) is 16.4. The Morgan fingerprint density at radius 1 is 1.21 bits per heavy atom. The number of rotatable bonds is 7. The van der Waals surface area contributed by atoms with Gasteiger partial charge in [0.2, 0.25) is 0 Å². The molecule has 34 heavy (non-hydrogen) atoms. The van der Waals surface area contributed by atoms with Crippen LogP contribution >= 0.6 is 0 Å². The van der Waals surface area contributed by atoms with Crippen LogP contribution in [0.5, 0.6) is 5.75 Å². The molecule has 1 aliphatic heterocycles. The van der Waals surface area contributed by atoms with E-state index in [2.05, 4.69) is 15.6 Å². The standard InChI is InChI=1S/C24H24FN5O4/c25-16-3-1-14(2-4-16)11-15-12-18-20(28-13-15)21(31)19(23(33)30(18)17-5-6-17)22(32)26-7-9-29-10-8-27-24(29)34/h1-4,12-13,17,31H,5-11H2,(H,26,32)(H,27,34). The third-order valence-corrected chi connectivity index (χ3v) is 6.15. The molecule has 0 unspecified atom stereocenters. The fourth-order valence-corrected chi connectivity index (χ4v) is 4.26. The van der Waals surface area contributed by atoms with Crippen LogP contribution < -0.4 is 16.2 Å². The molecule has 0 bridgehead atoms. The minimum absolute atomic E-state index is 0.0571. The number of hydrogen-bond donors (Lipinski definition) is 3. The van der Waals surface area contributed by atoms with E-state index in [1.54, 1.807) is 33.9 Å². The molecule has 2 aromatic heterocycles. The van der Waals surface area contributed by atoms with Gasteiger partial charge in [0.25, 0.3) is 11.5 Å². The van der Waals surface area contributed by atoms with Crippen LogP contribution in [0, 0.1) is 5.82 Å². The third-order valence-electron chi connectivity index (χ3n) is 6.15. The van der Waals surface area contributed by atoms with Gasteiger partial charge in [-0.15, -0.1) is 0 Å². The first-order valence-electron chi connectivity index (χ1n) is 11.2. The van der Waals surface area contributed by atoms with Crippen LogP contribution in [0.4, 0.5) is 9.18 Å². The molecule has 1 saturated carbocycles. The molecule has 1 saturated heterocycles. The maximum Gasteiger partial charge on any atom is 0.317 e. The molecule has 2 aliphatic rings. The molecule has 1 aromatic carbocycles. The summed E-state index contributed by atoms with van der Waals surface area (Å²) in [6.45, 7) is 1.55. The van der Waals surface area contributed by atoms with E-state index in [1.165, 1.54) is 12.1 Å². The zero-order chi connectivity index (χ0) is 23.8. The van der Waals surface area contributed by atoms with Crippen molar-refractivity contribution < 1.29 is 19.1 Å². The fraction of sp³-hybridized carbons (Fsp3) is 0.333. The highest BCUT2D eigenvalue weighted by atomic mass is 19.1. The van der Waals surface area contributed by atoms with Gasteiger partial charge >= 0.3 is 6.03 Å². The van der Waals surface area contributed by atoms with Crippen molar-refractivity contribution in [2.75, 3.05) is 26.2 Å². The van der Waals surface area contributed by atoms with Crippen molar-refractivity contribution in [2.24, 2.45) is 0 Å². The van der Waals surface area contributed by atoms with E-state index < -0.39 is 17.2 Å². The molecular weight excluding hydrogens is 441 g/mol. The summed E-state index contributed by atoms with van der Waals surface area (Å²) in [4.78, 5) is 43.7. The van der Waals surface area contributed by atoms with Crippen LogP contribution in [-0.4, -0.2) is 57.7 Å². The Morgan fingerprint density at radius 3 is 2.65 bits per heavy atom. The quantitative estimate of drug-likeness (QED) is 0.493. The second-order valence-corrected chi connectivity index (χ2v) is 8.62. The Balaban J connectivity index is 1.45. The van der Waals surface area contributed by atoms with Crippen LogP contribution in [0.3, 0.4) is 0 Å². The molecule has 1 aliphatic carbocycles. The van der Waals surface area contributed by atoms with E-state index in [0.717, 1.165) is 24.0 Å². The Labute approximate surface area is 194 Å². The van der Waals surface area contributed by atoms with E-state index >= 15 is 0 Å². The van der Waals surface area contributed by atoms with E-state index in [4.69, 9.17) is 0 Å². The van der Waals surface area contributed by atoms with Crippen molar-refractivity contribution in [3.63, 3.8) is 0 Å². The maximum absolute atomic E-state index is 13.3. The van der Waals surface area contributed by atoms with Gasteiger partial charge in [0, 0.05) is 38.4 Å². The summed E-state index contributed by atoms with van der Waals surface area (Å²) in [5.41, 5.74) is 1.42. The van der Waals surface area contributed by atoms with E-state index in [0.29, 0.717) is 31.6 Å². The maximum atomic E-state index is 13.3. The number of nitrogens with zero attached hydrogens (tertiary/aromatic N) is 3.